The molecular formula is C16H32N2O3. The van der Waals surface area contributed by atoms with Crippen molar-refractivity contribution >= 4 is 6.09 Å². The molecule has 0 saturated heterocycles. The Hall–Kier alpha value is -0.810. The van der Waals surface area contributed by atoms with Crippen LogP contribution in [0.4, 0.5) is 4.79 Å². The summed E-state index contributed by atoms with van der Waals surface area (Å²) in [6.45, 7) is 8.31. The van der Waals surface area contributed by atoms with Gasteiger partial charge in [-0.1, -0.05) is 13.3 Å². The van der Waals surface area contributed by atoms with E-state index in [2.05, 4.69) is 17.6 Å². The lowest BCUT2D eigenvalue weighted by Crippen LogP contribution is -2.46. The number of carbonyl (C=O) groups excluding carboxylic acids is 1. The zero-order valence-electron chi connectivity index (χ0n) is 13.9. The largest absolute Gasteiger partial charge is 0.444 e. The minimum atomic E-state index is -0.458. The van der Waals surface area contributed by atoms with Gasteiger partial charge in [-0.15, -0.1) is 0 Å². The van der Waals surface area contributed by atoms with Gasteiger partial charge in [-0.25, -0.2) is 4.79 Å². The molecule has 0 aromatic rings. The quantitative estimate of drug-likeness (QED) is 0.705. The lowest BCUT2D eigenvalue weighted by atomic mass is 9.91. The molecule has 1 saturated carbocycles. The predicted octanol–water partition coefficient (Wildman–Crippen LogP) is 2.57. The Morgan fingerprint density at radius 2 is 2.00 bits per heavy atom. The van der Waals surface area contributed by atoms with Crippen LogP contribution in [0.1, 0.15) is 66.2 Å². The molecule has 1 aliphatic carbocycles. The smallest absolute Gasteiger partial charge is 0.407 e. The van der Waals surface area contributed by atoms with E-state index in [1.165, 1.54) is 0 Å². The van der Waals surface area contributed by atoms with Gasteiger partial charge in [-0.2, -0.15) is 0 Å². The van der Waals surface area contributed by atoms with Crippen molar-refractivity contribution in [2.75, 3.05) is 6.54 Å². The van der Waals surface area contributed by atoms with E-state index in [4.69, 9.17) is 4.74 Å². The zero-order chi connectivity index (χ0) is 15.9. The first-order chi connectivity index (χ1) is 9.80. The van der Waals surface area contributed by atoms with E-state index in [0.717, 1.165) is 38.5 Å². The van der Waals surface area contributed by atoms with Gasteiger partial charge in [0.2, 0.25) is 0 Å². The second kappa shape index (κ2) is 8.59. The molecule has 1 aliphatic rings. The second-order valence-electron chi connectivity index (χ2n) is 7.06. The first-order valence-corrected chi connectivity index (χ1v) is 8.21. The highest BCUT2D eigenvalue weighted by Gasteiger charge is 2.25. The van der Waals surface area contributed by atoms with Crippen LogP contribution in [0.3, 0.4) is 0 Å². The highest BCUT2D eigenvalue weighted by Crippen LogP contribution is 2.19. The normalized spacial score (nSPS) is 24.4. The Morgan fingerprint density at radius 1 is 1.33 bits per heavy atom. The Morgan fingerprint density at radius 3 is 2.62 bits per heavy atom. The van der Waals surface area contributed by atoms with Gasteiger partial charge in [0.1, 0.15) is 5.60 Å². The minimum Gasteiger partial charge on any atom is -0.444 e. The van der Waals surface area contributed by atoms with Gasteiger partial charge in [-0.05, 0) is 52.9 Å². The summed E-state index contributed by atoms with van der Waals surface area (Å²) in [7, 11) is 0. The van der Waals surface area contributed by atoms with Crippen LogP contribution in [0, 0.1) is 0 Å². The summed E-state index contributed by atoms with van der Waals surface area (Å²) in [6, 6.07) is 0.527. The summed E-state index contributed by atoms with van der Waals surface area (Å²) in [5, 5.41) is 16.1. The maximum Gasteiger partial charge on any atom is 0.407 e. The van der Waals surface area contributed by atoms with Gasteiger partial charge in [0.05, 0.1) is 6.10 Å². The van der Waals surface area contributed by atoms with Crippen LogP contribution >= 0.6 is 0 Å². The van der Waals surface area contributed by atoms with Gasteiger partial charge in [0.25, 0.3) is 0 Å². The summed E-state index contributed by atoms with van der Waals surface area (Å²) in [4.78, 5) is 11.8. The van der Waals surface area contributed by atoms with Crippen molar-refractivity contribution in [3.63, 3.8) is 0 Å². The fraction of sp³-hybridized carbons (Fsp3) is 0.938. The van der Waals surface area contributed by atoms with Gasteiger partial charge in [0, 0.05) is 18.6 Å². The van der Waals surface area contributed by atoms with Crippen molar-refractivity contribution < 1.29 is 14.6 Å². The number of rotatable bonds is 6. The molecule has 0 radical (unpaired) electrons. The van der Waals surface area contributed by atoms with Crippen molar-refractivity contribution in [1.82, 2.24) is 10.6 Å². The number of hydrogen-bond acceptors (Lipinski definition) is 4. The Bertz CT molecular complexity index is 315. The molecule has 0 heterocycles. The van der Waals surface area contributed by atoms with Crippen molar-refractivity contribution in [2.24, 2.45) is 0 Å². The average Bonchev–Trinajstić information content (AvgIpc) is 2.35. The Kier molecular flexibility index (Phi) is 7.46. The number of aliphatic hydroxyl groups is 1. The summed E-state index contributed by atoms with van der Waals surface area (Å²) in [5.74, 6) is 0. The minimum absolute atomic E-state index is 0.161. The van der Waals surface area contributed by atoms with E-state index >= 15 is 0 Å². The van der Waals surface area contributed by atoms with E-state index in [9.17, 15) is 9.90 Å². The lowest BCUT2D eigenvalue weighted by Gasteiger charge is -2.31. The third kappa shape index (κ3) is 8.27. The van der Waals surface area contributed by atoms with Crippen LogP contribution in [0.15, 0.2) is 0 Å². The molecule has 3 unspecified atom stereocenters. The van der Waals surface area contributed by atoms with Crippen molar-refractivity contribution in [3.05, 3.63) is 0 Å². The molecule has 0 spiro atoms. The molecule has 124 valence electrons. The molecule has 0 aliphatic heterocycles. The average molecular weight is 300 g/mol. The predicted molar refractivity (Wildman–Crippen MR) is 84.3 cm³/mol. The molecule has 1 rings (SSSR count). The molecule has 5 nitrogen and oxygen atoms in total. The number of ether oxygens (including phenoxy) is 1. The molecule has 1 amide bonds. The molecule has 21 heavy (non-hydrogen) atoms. The topological polar surface area (TPSA) is 70.6 Å². The number of alkyl carbamates (subject to hydrolysis) is 1. The lowest BCUT2D eigenvalue weighted by molar-refractivity contribution is 0.0487. The Labute approximate surface area is 128 Å². The highest BCUT2D eigenvalue weighted by molar-refractivity contribution is 5.68. The van der Waals surface area contributed by atoms with E-state index in [0.29, 0.717) is 12.6 Å². The monoisotopic (exact) mass is 300 g/mol. The zero-order valence-corrected chi connectivity index (χ0v) is 13.9. The molecule has 0 aromatic carbocycles. The van der Waals surface area contributed by atoms with Crippen molar-refractivity contribution in [1.29, 1.82) is 0 Å². The molecule has 0 bridgehead atoms. The van der Waals surface area contributed by atoms with Crippen molar-refractivity contribution in [2.45, 2.75) is 90.0 Å². The first kappa shape index (κ1) is 18.2. The molecular weight excluding hydrogens is 268 g/mol. The number of aliphatic hydroxyl groups excluding tert-OH is 1. The first-order valence-electron chi connectivity index (χ1n) is 8.21. The fourth-order valence-electron chi connectivity index (χ4n) is 2.72. The summed E-state index contributed by atoms with van der Waals surface area (Å²) in [6.07, 6.45) is 5.31. The summed E-state index contributed by atoms with van der Waals surface area (Å²) < 4.78 is 5.30. The van der Waals surface area contributed by atoms with Crippen LogP contribution in [0.5, 0.6) is 0 Å². The fourth-order valence-corrected chi connectivity index (χ4v) is 2.72. The molecule has 0 aromatic heterocycles. The van der Waals surface area contributed by atoms with E-state index < -0.39 is 5.60 Å². The second-order valence-corrected chi connectivity index (χ2v) is 7.06. The maximum absolute atomic E-state index is 11.8. The van der Waals surface area contributed by atoms with Gasteiger partial charge < -0.3 is 20.5 Å². The molecule has 3 atom stereocenters. The van der Waals surface area contributed by atoms with E-state index in [-0.39, 0.29) is 18.2 Å². The van der Waals surface area contributed by atoms with Crippen molar-refractivity contribution in [3.8, 4) is 0 Å². The Balaban J connectivity index is 2.30. The highest BCUT2D eigenvalue weighted by atomic mass is 16.6. The van der Waals surface area contributed by atoms with Crippen LogP contribution in [-0.2, 0) is 4.74 Å². The van der Waals surface area contributed by atoms with E-state index in [1.54, 1.807) is 0 Å². The number of hydrogen-bond donors (Lipinski definition) is 3. The standard InChI is InChI=1S/C16H32N2O3/c1-5-7-14(19)11-17-12-8-6-9-13(10-12)18-15(20)21-16(2,3)4/h12-14,17,19H,5-11H2,1-4H3,(H,18,20). The van der Waals surface area contributed by atoms with Gasteiger partial charge >= 0.3 is 6.09 Å². The van der Waals surface area contributed by atoms with Crippen LogP contribution in [0.2, 0.25) is 0 Å². The van der Waals surface area contributed by atoms with Crippen LogP contribution in [0.25, 0.3) is 0 Å². The number of amides is 1. The number of nitrogens with one attached hydrogen (secondary N) is 2. The van der Waals surface area contributed by atoms with Gasteiger partial charge in [-0.3, -0.25) is 0 Å². The SMILES string of the molecule is CCCC(O)CNC1CCCC(NC(=O)OC(C)(C)C)C1. The molecule has 1 fully saturated rings. The molecule has 3 N–H and O–H groups in total. The number of carbonyl (C=O) groups is 1. The van der Waals surface area contributed by atoms with Crippen LogP contribution in [-0.4, -0.2) is 41.5 Å². The third-order valence-electron chi connectivity index (χ3n) is 3.66. The maximum atomic E-state index is 11.8. The van der Waals surface area contributed by atoms with Gasteiger partial charge in [0.15, 0.2) is 0 Å². The van der Waals surface area contributed by atoms with E-state index in [1.807, 2.05) is 20.8 Å². The van der Waals surface area contributed by atoms with Crippen LogP contribution < -0.4 is 10.6 Å². The third-order valence-corrected chi connectivity index (χ3v) is 3.66. The summed E-state index contributed by atoms with van der Waals surface area (Å²) >= 11 is 0. The molecule has 5 heteroatoms. The summed E-state index contributed by atoms with van der Waals surface area (Å²) in [5.41, 5.74) is -0.458.